The summed E-state index contributed by atoms with van der Waals surface area (Å²) in [6, 6.07) is -0.718. The Hall–Kier alpha value is -1.10. The molecular formula is C12H22N2O3. The molecule has 1 aliphatic carbocycles. The van der Waals surface area contributed by atoms with Crippen LogP contribution in [0.4, 0.5) is 0 Å². The second-order valence-electron chi connectivity index (χ2n) is 5.15. The molecule has 1 amide bonds. The fourth-order valence-corrected chi connectivity index (χ4v) is 2.26. The molecule has 98 valence electrons. The second kappa shape index (κ2) is 6.00. The highest BCUT2D eigenvalue weighted by atomic mass is 16.4. The first-order chi connectivity index (χ1) is 7.93. The minimum atomic E-state index is -0.919. The third-order valence-corrected chi connectivity index (χ3v) is 3.39. The second-order valence-corrected chi connectivity index (χ2v) is 5.15. The van der Waals surface area contributed by atoms with Crippen molar-refractivity contribution in [1.29, 1.82) is 0 Å². The average molecular weight is 242 g/mol. The number of aliphatic carboxylic acids is 1. The number of hydrogen-bond acceptors (Lipinski definition) is 3. The smallest absolute Gasteiger partial charge is 0.303 e. The van der Waals surface area contributed by atoms with Gasteiger partial charge in [-0.3, -0.25) is 9.59 Å². The third kappa shape index (κ3) is 4.73. The summed E-state index contributed by atoms with van der Waals surface area (Å²) >= 11 is 0. The van der Waals surface area contributed by atoms with Crippen molar-refractivity contribution in [2.45, 2.75) is 63.5 Å². The van der Waals surface area contributed by atoms with Gasteiger partial charge < -0.3 is 16.2 Å². The van der Waals surface area contributed by atoms with Crippen LogP contribution in [0, 0.1) is 0 Å². The van der Waals surface area contributed by atoms with Crippen molar-refractivity contribution in [3.8, 4) is 0 Å². The van der Waals surface area contributed by atoms with E-state index in [-0.39, 0.29) is 24.3 Å². The number of carbonyl (C=O) groups is 2. The molecule has 0 bridgehead atoms. The van der Waals surface area contributed by atoms with Gasteiger partial charge in [-0.15, -0.1) is 0 Å². The maximum Gasteiger partial charge on any atom is 0.303 e. The number of hydrogen-bond donors (Lipinski definition) is 3. The van der Waals surface area contributed by atoms with Crippen LogP contribution in [-0.4, -0.2) is 28.6 Å². The quantitative estimate of drug-likeness (QED) is 0.671. The summed E-state index contributed by atoms with van der Waals surface area (Å²) in [5.74, 6) is -1.15. The molecule has 1 unspecified atom stereocenters. The molecule has 1 aliphatic rings. The molecule has 1 rings (SSSR count). The van der Waals surface area contributed by atoms with Crippen molar-refractivity contribution in [2.24, 2.45) is 5.73 Å². The van der Waals surface area contributed by atoms with Gasteiger partial charge in [0.1, 0.15) is 0 Å². The molecule has 0 aromatic carbocycles. The van der Waals surface area contributed by atoms with E-state index in [4.69, 9.17) is 10.8 Å². The van der Waals surface area contributed by atoms with Crippen molar-refractivity contribution in [2.75, 3.05) is 0 Å². The maximum absolute atomic E-state index is 11.8. The van der Waals surface area contributed by atoms with Crippen LogP contribution in [-0.2, 0) is 9.59 Å². The average Bonchev–Trinajstić information content (AvgIpc) is 2.26. The van der Waals surface area contributed by atoms with Crippen LogP contribution in [0.3, 0.4) is 0 Å². The van der Waals surface area contributed by atoms with Crippen LogP contribution >= 0.6 is 0 Å². The number of nitrogens with two attached hydrogens (primary N) is 1. The van der Waals surface area contributed by atoms with Crippen molar-refractivity contribution in [3.63, 3.8) is 0 Å². The zero-order chi connectivity index (χ0) is 12.9. The molecule has 4 N–H and O–H groups in total. The summed E-state index contributed by atoms with van der Waals surface area (Å²) in [5, 5.41) is 11.5. The van der Waals surface area contributed by atoms with Crippen LogP contribution in [0.2, 0.25) is 0 Å². The van der Waals surface area contributed by atoms with E-state index >= 15 is 0 Å². The Bertz CT molecular complexity index is 285. The Labute approximate surface area is 102 Å². The molecule has 1 saturated carbocycles. The first-order valence-electron chi connectivity index (χ1n) is 6.22. The fraction of sp³-hybridized carbons (Fsp3) is 0.833. The van der Waals surface area contributed by atoms with Gasteiger partial charge in [-0.05, 0) is 26.2 Å². The lowest BCUT2D eigenvalue weighted by Gasteiger charge is -2.35. The summed E-state index contributed by atoms with van der Waals surface area (Å²) in [6.45, 7) is 2.04. The lowest BCUT2D eigenvalue weighted by molar-refractivity contribution is -0.137. The van der Waals surface area contributed by atoms with Gasteiger partial charge in [0.2, 0.25) is 5.91 Å². The van der Waals surface area contributed by atoms with Crippen molar-refractivity contribution < 1.29 is 14.7 Å². The van der Waals surface area contributed by atoms with Gasteiger partial charge in [-0.25, -0.2) is 0 Å². The van der Waals surface area contributed by atoms with Gasteiger partial charge in [0, 0.05) is 12.0 Å². The molecule has 0 aliphatic heterocycles. The van der Waals surface area contributed by atoms with E-state index in [1.165, 1.54) is 6.42 Å². The molecule has 0 radical (unpaired) electrons. The minimum absolute atomic E-state index is 0.0642. The molecule has 1 fully saturated rings. The number of rotatable bonds is 5. The van der Waals surface area contributed by atoms with E-state index in [1.807, 2.05) is 6.92 Å². The van der Waals surface area contributed by atoms with Gasteiger partial charge in [0.15, 0.2) is 0 Å². The normalized spacial score (nSPS) is 20.6. The number of nitrogens with one attached hydrogen (secondary N) is 1. The van der Waals surface area contributed by atoms with Crippen LogP contribution in [0.25, 0.3) is 0 Å². The van der Waals surface area contributed by atoms with E-state index in [9.17, 15) is 9.59 Å². The molecule has 5 heteroatoms. The fourth-order valence-electron chi connectivity index (χ4n) is 2.26. The molecule has 1 atom stereocenters. The van der Waals surface area contributed by atoms with E-state index in [2.05, 4.69) is 5.32 Å². The largest absolute Gasteiger partial charge is 0.481 e. The summed E-state index contributed by atoms with van der Waals surface area (Å²) < 4.78 is 0. The lowest BCUT2D eigenvalue weighted by atomic mass is 9.83. The Morgan fingerprint density at radius 2 is 1.94 bits per heavy atom. The Balaban J connectivity index is 2.39. The molecule has 17 heavy (non-hydrogen) atoms. The summed E-state index contributed by atoms with van der Waals surface area (Å²) in [7, 11) is 0. The van der Waals surface area contributed by atoms with E-state index in [0.29, 0.717) is 0 Å². The standard InChI is InChI=1S/C12H22N2O3/c1-12(7-3-2-4-8-12)14-11(17)9(13)5-6-10(15)16/h9H,2-8,13H2,1H3,(H,14,17)(H,15,16). The molecule has 0 saturated heterocycles. The third-order valence-electron chi connectivity index (χ3n) is 3.39. The highest BCUT2D eigenvalue weighted by Crippen LogP contribution is 2.27. The molecule has 0 aromatic heterocycles. The number of carbonyl (C=O) groups excluding carboxylic acids is 1. The van der Waals surface area contributed by atoms with Gasteiger partial charge in [0.05, 0.1) is 6.04 Å². The molecular weight excluding hydrogens is 220 g/mol. The van der Waals surface area contributed by atoms with Crippen molar-refractivity contribution in [1.82, 2.24) is 5.32 Å². The number of carboxylic acids is 1. The maximum atomic E-state index is 11.8. The minimum Gasteiger partial charge on any atom is -0.481 e. The van der Waals surface area contributed by atoms with Gasteiger partial charge in [0.25, 0.3) is 0 Å². The molecule has 0 heterocycles. The van der Waals surface area contributed by atoms with E-state index < -0.39 is 12.0 Å². The predicted molar refractivity (Wildman–Crippen MR) is 64.5 cm³/mol. The summed E-state index contributed by atoms with van der Waals surface area (Å²) in [6.07, 6.45) is 5.55. The Morgan fingerprint density at radius 3 is 2.47 bits per heavy atom. The van der Waals surface area contributed by atoms with Crippen LogP contribution in [0.5, 0.6) is 0 Å². The summed E-state index contributed by atoms with van der Waals surface area (Å²) in [5.41, 5.74) is 5.51. The summed E-state index contributed by atoms with van der Waals surface area (Å²) in [4.78, 5) is 22.2. The Morgan fingerprint density at radius 1 is 1.35 bits per heavy atom. The van der Waals surface area contributed by atoms with Crippen LogP contribution in [0.15, 0.2) is 0 Å². The first kappa shape index (κ1) is 14.0. The van der Waals surface area contributed by atoms with Gasteiger partial charge >= 0.3 is 5.97 Å². The zero-order valence-corrected chi connectivity index (χ0v) is 10.4. The molecule has 0 aromatic rings. The number of carboxylic acid groups (broad SMARTS) is 1. The highest BCUT2D eigenvalue weighted by molar-refractivity contribution is 5.82. The van der Waals surface area contributed by atoms with Crippen molar-refractivity contribution in [3.05, 3.63) is 0 Å². The predicted octanol–water partition coefficient (Wildman–Crippen LogP) is 1.02. The van der Waals surface area contributed by atoms with Crippen LogP contribution < -0.4 is 11.1 Å². The van der Waals surface area contributed by atoms with E-state index in [1.54, 1.807) is 0 Å². The van der Waals surface area contributed by atoms with Gasteiger partial charge in [-0.1, -0.05) is 19.3 Å². The molecule has 0 spiro atoms. The first-order valence-corrected chi connectivity index (χ1v) is 6.22. The Kier molecular flexibility index (Phi) is 4.93. The van der Waals surface area contributed by atoms with E-state index in [0.717, 1.165) is 25.7 Å². The van der Waals surface area contributed by atoms with Gasteiger partial charge in [-0.2, -0.15) is 0 Å². The topological polar surface area (TPSA) is 92.4 Å². The monoisotopic (exact) mass is 242 g/mol. The van der Waals surface area contributed by atoms with Crippen LogP contribution in [0.1, 0.15) is 51.9 Å². The van der Waals surface area contributed by atoms with Crippen molar-refractivity contribution >= 4 is 11.9 Å². The lowest BCUT2D eigenvalue weighted by Crippen LogP contribution is -2.52. The highest BCUT2D eigenvalue weighted by Gasteiger charge is 2.29. The number of amides is 1. The SMILES string of the molecule is CC1(NC(=O)C(N)CCC(=O)O)CCCCC1. The molecule has 5 nitrogen and oxygen atoms in total. The zero-order valence-electron chi connectivity index (χ0n) is 10.4.